The number of carbonyl (C=O) groups is 3. The second-order valence-electron chi connectivity index (χ2n) is 9.16. The van der Waals surface area contributed by atoms with Gasteiger partial charge >= 0.3 is 12.2 Å². The summed E-state index contributed by atoms with van der Waals surface area (Å²) in [7, 11) is 0. The van der Waals surface area contributed by atoms with Crippen molar-refractivity contribution < 1.29 is 32.0 Å². The van der Waals surface area contributed by atoms with Crippen LogP contribution in [0.1, 0.15) is 60.5 Å². The Morgan fingerprint density at radius 2 is 1.74 bits per heavy atom. The highest BCUT2D eigenvalue weighted by atomic mass is 19.4. The van der Waals surface area contributed by atoms with Crippen LogP contribution in [0.25, 0.3) is 5.69 Å². The Balaban J connectivity index is 1.23. The number of halogens is 3. The summed E-state index contributed by atoms with van der Waals surface area (Å²) in [6.45, 7) is 1.66. The molecule has 2 aromatic heterocycles. The number of alkyl halides is 3. The van der Waals surface area contributed by atoms with Crippen LogP contribution in [0.5, 0.6) is 0 Å². The molecule has 1 aliphatic rings. The normalized spacial score (nSPS) is 17.7. The summed E-state index contributed by atoms with van der Waals surface area (Å²) in [4.78, 5) is 37.5. The van der Waals surface area contributed by atoms with E-state index in [2.05, 4.69) is 25.9 Å². The maximum Gasteiger partial charge on any atom is 0.435 e. The summed E-state index contributed by atoms with van der Waals surface area (Å²) in [5.74, 6) is -1.23. The van der Waals surface area contributed by atoms with Crippen molar-refractivity contribution in [2.45, 2.75) is 51.6 Å². The van der Waals surface area contributed by atoms with Gasteiger partial charge in [-0.1, -0.05) is 23.3 Å². The van der Waals surface area contributed by atoms with E-state index in [4.69, 9.17) is 4.42 Å². The number of amides is 2. The van der Waals surface area contributed by atoms with Gasteiger partial charge in [-0.2, -0.15) is 18.3 Å². The van der Waals surface area contributed by atoms with Gasteiger partial charge in [-0.05, 0) is 44.2 Å². The Hall–Kier alpha value is -4.03. The lowest BCUT2D eigenvalue weighted by Crippen LogP contribution is -2.30. The first-order valence-corrected chi connectivity index (χ1v) is 12.3. The highest BCUT2D eigenvalue weighted by Crippen LogP contribution is 2.32. The molecule has 1 saturated carbocycles. The summed E-state index contributed by atoms with van der Waals surface area (Å²) in [5.41, 5.74) is -1.47. The summed E-state index contributed by atoms with van der Waals surface area (Å²) < 4.78 is 46.6. The van der Waals surface area contributed by atoms with Crippen molar-refractivity contribution in [2.75, 3.05) is 11.9 Å². The van der Waals surface area contributed by atoms with Gasteiger partial charge in [0.05, 0.1) is 11.3 Å². The number of rotatable bonds is 9. The van der Waals surface area contributed by atoms with Gasteiger partial charge in [-0.25, -0.2) is 4.68 Å². The van der Waals surface area contributed by atoms with Crippen LogP contribution in [0.2, 0.25) is 0 Å². The second-order valence-corrected chi connectivity index (χ2v) is 9.16. The van der Waals surface area contributed by atoms with Crippen molar-refractivity contribution in [3.63, 3.8) is 0 Å². The lowest BCUT2D eigenvalue weighted by atomic mass is 9.79. The van der Waals surface area contributed by atoms with Crippen LogP contribution in [0, 0.1) is 18.8 Å². The number of anilines is 1. The van der Waals surface area contributed by atoms with E-state index >= 15 is 0 Å². The molecule has 4 rings (SSSR count). The zero-order valence-corrected chi connectivity index (χ0v) is 20.6. The van der Waals surface area contributed by atoms with Crippen molar-refractivity contribution in [1.82, 2.24) is 25.3 Å². The summed E-state index contributed by atoms with van der Waals surface area (Å²) in [5, 5.41) is 16.0. The van der Waals surface area contributed by atoms with Gasteiger partial charge in [0.1, 0.15) is 5.78 Å². The molecule has 0 unspecified atom stereocenters. The van der Waals surface area contributed by atoms with Crippen LogP contribution < -0.4 is 10.6 Å². The van der Waals surface area contributed by atoms with Crippen molar-refractivity contribution >= 4 is 23.6 Å². The van der Waals surface area contributed by atoms with Crippen LogP contribution in [-0.4, -0.2) is 44.1 Å². The van der Waals surface area contributed by atoms with Gasteiger partial charge in [0.25, 0.3) is 5.91 Å². The topological polar surface area (TPSA) is 132 Å². The molecule has 38 heavy (non-hydrogen) atoms. The molecule has 1 aliphatic carbocycles. The Bertz CT molecular complexity index is 1280. The predicted octanol–water partition coefficient (Wildman–Crippen LogP) is 4.11. The third-order valence-electron chi connectivity index (χ3n) is 6.44. The molecule has 0 radical (unpaired) electrons. The number of ketones is 1. The number of hydrogen-bond acceptors (Lipinski definition) is 7. The standard InChI is InChI=1S/C25H27F3N6O4/c1-15-31-32-24(38-15)30-22(36)17-11-9-16(10-12-17)20(35)8-5-13-29-23(37)19-14-34(18-6-3-2-4-7-18)33-21(19)25(26,27)28/h2-4,6-7,14,16-17H,5,8-13H2,1H3,(H,29,37)(H,30,32,36). The van der Waals surface area contributed by atoms with Gasteiger partial charge in [0.2, 0.25) is 11.8 Å². The fraction of sp³-hybridized carbons (Fsp3) is 0.440. The molecule has 2 N–H and O–H groups in total. The molecule has 10 nitrogen and oxygen atoms in total. The van der Waals surface area contributed by atoms with E-state index in [0.29, 0.717) is 37.3 Å². The third kappa shape index (κ3) is 6.64. The van der Waals surface area contributed by atoms with Crippen molar-refractivity contribution in [3.8, 4) is 5.69 Å². The minimum atomic E-state index is -4.80. The van der Waals surface area contributed by atoms with E-state index in [-0.39, 0.29) is 48.9 Å². The molecule has 2 heterocycles. The maximum absolute atomic E-state index is 13.5. The number of carbonyl (C=O) groups excluding carboxylic acids is 3. The van der Waals surface area contributed by atoms with Crippen molar-refractivity contribution in [2.24, 2.45) is 11.8 Å². The SMILES string of the molecule is Cc1nnc(NC(=O)C2CCC(C(=O)CCCNC(=O)c3cn(-c4ccccc4)nc3C(F)(F)F)CC2)o1. The van der Waals surface area contributed by atoms with Gasteiger partial charge in [0.15, 0.2) is 5.69 Å². The number of nitrogens with zero attached hydrogens (tertiary/aromatic N) is 4. The molecule has 2 amide bonds. The van der Waals surface area contributed by atoms with E-state index < -0.39 is 23.3 Å². The average Bonchev–Trinajstić information content (AvgIpc) is 3.53. The molecule has 0 saturated heterocycles. The molecular formula is C25H27F3N6O4. The minimum absolute atomic E-state index is 0.0125. The molecule has 0 aliphatic heterocycles. The largest absolute Gasteiger partial charge is 0.435 e. The third-order valence-corrected chi connectivity index (χ3v) is 6.44. The summed E-state index contributed by atoms with van der Waals surface area (Å²) in [6.07, 6.45) is -1.10. The fourth-order valence-electron chi connectivity index (χ4n) is 4.46. The summed E-state index contributed by atoms with van der Waals surface area (Å²) >= 11 is 0. The van der Waals surface area contributed by atoms with E-state index in [9.17, 15) is 27.6 Å². The fourth-order valence-corrected chi connectivity index (χ4v) is 4.46. The molecule has 13 heteroatoms. The minimum Gasteiger partial charge on any atom is -0.408 e. The maximum atomic E-state index is 13.5. The smallest absolute Gasteiger partial charge is 0.408 e. The van der Waals surface area contributed by atoms with E-state index in [1.165, 1.54) is 0 Å². The Morgan fingerprint density at radius 1 is 1.05 bits per heavy atom. The Morgan fingerprint density at radius 3 is 2.37 bits per heavy atom. The first-order chi connectivity index (χ1) is 18.1. The number of para-hydroxylation sites is 1. The Labute approximate surface area is 216 Å². The number of Topliss-reactive ketones (excluding diaryl/α,β-unsaturated/α-hetero) is 1. The molecular weight excluding hydrogens is 505 g/mol. The first-order valence-electron chi connectivity index (χ1n) is 12.3. The number of hydrogen-bond donors (Lipinski definition) is 2. The van der Waals surface area contributed by atoms with E-state index in [1.54, 1.807) is 37.3 Å². The molecule has 202 valence electrons. The van der Waals surface area contributed by atoms with Crippen molar-refractivity contribution in [1.29, 1.82) is 0 Å². The summed E-state index contributed by atoms with van der Waals surface area (Å²) in [6, 6.07) is 8.22. The monoisotopic (exact) mass is 532 g/mol. The molecule has 1 fully saturated rings. The van der Waals surface area contributed by atoms with Crippen LogP contribution in [0.4, 0.5) is 19.2 Å². The highest BCUT2D eigenvalue weighted by Gasteiger charge is 2.39. The van der Waals surface area contributed by atoms with Gasteiger partial charge in [-0.15, -0.1) is 5.10 Å². The highest BCUT2D eigenvalue weighted by molar-refractivity contribution is 5.95. The first kappa shape index (κ1) is 27.0. The average molecular weight is 533 g/mol. The van der Waals surface area contributed by atoms with Crippen LogP contribution in [0.15, 0.2) is 40.9 Å². The zero-order chi connectivity index (χ0) is 27.3. The van der Waals surface area contributed by atoms with Gasteiger partial charge < -0.3 is 9.73 Å². The van der Waals surface area contributed by atoms with Crippen LogP contribution in [-0.2, 0) is 15.8 Å². The second kappa shape index (κ2) is 11.6. The number of aromatic nitrogens is 4. The predicted molar refractivity (Wildman–Crippen MR) is 128 cm³/mol. The lowest BCUT2D eigenvalue weighted by molar-refractivity contribution is -0.141. The molecule has 3 aromatic rings. The molecule has 0 spiro atoms. The van der Waals surface area contributed by atoms with Crippen molar-refractivity contribution in [3.05, 3.63) is 53.7 Å². The zero-order valence-electron chi connectivity index (χ0n) is 20.6. The van der Waals surface area contributed by atoms with Gasteiger partial charge in [-0.3, -0.25) is 19.7 Å². The quantitative estimate of drug-likeness (QED) is 0.397. The molecule has 1 aromatic carbocycles. The van der Waals surface area contributed by atoms with Crippen LogP contribution in [0.3, 0.4) is 0 Å². The number of benzene rings is 1. The van der Waals surface area contributed by atoms with E-state index in [0.717, 1.165) is 10.9 Å². The van der Waals surface area contributed by atoms with Gasteiger partial charge in [0, 0.05) is 37.9 Å². The number of nitrogens with one attached hydrogen (secondary N) is 2. The Kier molecular flexibility index (Phi) is 8.23. The van der Waals surface area contributed by atoms with Crippen LogP contribution >= 0.6 is 0 Å². The van der Waals surface area contributed by atoms with E-state index in [1.807, 2.05) is 0 Å². The lowest BCUT2D eigenvalue weighted by Gasteiger charge is -2.26. The molecule has 0 atom stereocenters. The number of aryl methyl sites for hydroxylation is 1. The molecule has 0 bridgehead atoms.